The summed E-state index contributed by atoms with van der Waals surface area (Å²) in [5.74, 6) is 0.439. The summed E-state index contributed by atoms with van der Waals surface area (Å²) in [6.07, 6.45) is 9.88. The van der Waals surface area contributed by atoms with Gasteiger partial charge < -0.3 is 10.2 Å². The molecule has 5 nitrogen and oxygen atoms in total. The molecule has 1 aliphatic heterocycles. The molecule has 5 heteroatoms. The zero-order valence-corrected chi connectivity index (χ0v) is 15.8. The van der Waals surface area contributed by atoms with Crippen molar-refractivity contribution in [1.82, 2.24) is 15.1 Å². The van der Waals surface area contributed by atoms with Crippen molar-refractivity contribution in [3.63, 3.8) is 0 Å². The molecule has 138 valence electrons. The first-order chi connectivity index (χ1) is 11.4. The van der Waals surface area contributed by atoms with Gasteiger partial charge in [0.1, 0.15) is 0 Å². The molecule has 1 saturated carbocycles. The Morgan fingerprint density at radius 2 is 1.79 bits per heavy atom. The summed E-state index contributed by atoms with van der Waals surface area (Å²) >= 11 is 0. The maximum atomic E-state index is 12.5. The molecule has 1 heterocycles. The normalized spacial score (nSPS) is 24.4. The number of carbonyl (C=O) groups is 2. The maximum Gasteiger partial charge on any atom is 0.239 e. The molecule has 1 unspecified atom stereocenters. The number of nitrogens with one attached hydrogen (secondary N) is 1. The third-order valence-corrected chi connectivity index (χ3v) is 5.75. The van der Waals surface area contributed by atoms with Crippen molar-refractivity contribution in [1.29, 1.82) is 0 Å². The highest BCUT2D eigenvalue weighted by atomic mass is 16.2. The van der Waals surface area contributed by atoms with Crippen LogP contribution in [0.2, 0.25) is 0 Å². The first-order valence-corrected chi connectivity index (χ1v) is 9.67. The van der Waals surface area contributed by atoms with E-state index in [4.69, 9.17) is 0 Å². The largest absolute Gasteiger partial charge is 0.356 e. The Hall–Kier alpha value is -1.10. The number of likely N-dealkylation sites (tertiary alicyclic amines) is 1. The van der Waals surface area contributed by atoms with Crippen molar-refractivity contribution >= 4 is 11.8 Å². The summed E-state index contributed by atoms with van der Waals surface area (Å²) in [5.41, 5.74) is -0.173. The minimum atomic E-state index is -0.173. The van der Waals surface area contributed by atoms with Crippen LogP contribution in [0, 0.1) is 5.41 Å². The highest BCUT2D eigenvalue weighted by Crippen LogP contribution is 2.34. The summed E-state index contributed by atoms with van der Waals surface area (Å²) in [6, 6.07) is 0.0371. The number of nitrogens with zero attached hydrogens (tertiary/aromatic N) is 2. The van der Waals surface area contributed by atoms with Gasteiger partial charge in [-0.25, -0.2) is 0 Å². The number of likely N-dealkylation sites (N-methyl/N-ethyl adjacent to an activating group) is 1. The van der Waals surface area contributed by atoms with E-state index in [0.717, 1.165) is 45.2 Å². The first kappa shape index (κ1) is 19.2. The van der Waals surface area contributed by atoms with Crippen LogP contribution < -0.4 is 5.32 Å². The Morgan fingerprint density at radius 1 is 1.12 bits per heavy atom. The predicted octanol–water partition coefficient (Wildman–Crippen LogP) is 2.41. The van der Waals surface area contributed by atoms with Gasteiger partial charge in [-0.05, 0) is 38.6 Å². The van der Waals surface area contributed by atoms with Gasteiger partial charge in [0.2, 0.25) is 11.8 Å². The van der Waals surface area contributed by atoms with Gasteiger partial charge >= 0.3 is 0 Å². The number of carbonyl (C=O) groups excluding carboxylic acids is 2. The lowest BCUT2D eigenvalue weighted by atomic mass is 9.81. The molecule has 2 fully saturated rings. The van der Waals surface area contributed by atoms with Gasteiger partial charge in [0.25, 0.3) is 0 Å². The zero-order valence-electron chi connectivity index (χ0n) is 15.8. The molecule has 0 aromatic rings. The van der Waals surface area contributed by atoms with Crippen molar-refractivity contribution in [3.8, 4) is 0 Å². The molecule has 1 atom stereocenters. The summed E-state index contributed by atoms with van der Waals surface area (Å²) < 4.78 is 0. The summed E-state index contributed by atoms with van der Waals surface area (Å²) in [4.78, 5) is 28.7. The third kappa shape index (κ3) is 4.95. The average Bonchev–Trinajstić information content (AvgIpc) is 2.90. The lowest BCUT2D eigenvalue weighted by Gasteiger charge is -2.28. The monoisotopic (exact) mass is 337 g/mol. The molecule has 0 spiro atoms. The number of hydrogen-bond acceptors (Lipinski definition) is 3. The molecule has 1 aliphatic carbocycles. The molecule has 0 aromatic carbocycles. The maximum absolute atomic E-state index is 12.5. The zero-order chi connectivity index (χ0) is 17.6. The molecule has 2 amide bonds. The number of hydrogen-bond donors (Lipinski definition) is 1. The van der Waals surface area contributed by atoms with Crippen LogP contribution in [0.3, 0.4) is 0 Å². The lowest BCUT2D eigenvalue weighted by Crippen LogP contribution is -2.44. The van der Waals surface area contributed by atoms with E-state index in [-0.39, 0.29) is 23.3 Å². The second-order valence-electron chi connectivity index (χ2n) is 8.01. The van der Waals surface area contributed by atoms with Crippen LogP contribution in [0.4, 0.5) is 0 Å². The van der Waals surface area contributed by atoms with Gasteiger partial charge in [-0.3, -0.25) is 14.5 Å². The van der Waals surface area contributed by atoms with E-state index in [2.05, 4.69) is 17.1 Å². The fourth-order valence-electron chi connectivity index (χ4n) is 4.10. The van der Waals surface area contributed by atoms with E-state index in [1.807, 2.05) is 14.1 Å². The van der Waals surface area contributed by atoms with Crippen LogP contribution >= 0.6 is 0 Å². The molecule has 0 aromatic heterocycles. The third-order valence-electron chi connectivity index (χ3n) is 5.75. The van der Waals surface area contributed by atoms with Crippen LogP contribution in [-0.4, -0.2) is 61.4 Å². The van der Waals surface area contributed by atoms with Crippen molar-refractivity contribution in [2.75, 3.05) is 33.7 Å². The van der Waals surface area contributed by atoms with E-state index in [9.17, 15) is 9.59 Å². The summed E-state index contributed by atoms with van der Waals surface area (Å²) in [7, 11) is 3.65. The molecule has 1 N–H and O–H groups in total. The SMILES string of the molecule is CN(C)C(=O)C1CCCN1CCCNC(=O)C1(C)CCCCCC1. The second-order valence-corrected chi connectivity index (χ2v) is 8.01. The van der Waals surface area contributed by atoms with Crippen LogP contribution in [0.1, 0.15) is 64.7 Å². The van der Waals surface area contributed by atoms with Crippen molar-refractivity contribution in [3.05, 3.63) is 0 Å². The van der Waals surface area contributed by atoms with Crippen molar-refractivity contribution < 1.29 is 9.59 Å². The molecule has 24 heavy (non-hydrogen) atoms. The van der Waals surface area contributed by atoms with Crippen molar-refractivity contribution in [2.24, 2.45) is 5.41 Å². The van der Waals surface area contributed by atoms with Crippen molar-refractivity contribution in [2.45, 2.75) is 70.8 Å². The molecule has 2 rings (SSSR count). The Kier molecular flexibility index (Phi) is 7.08. The molecule has 2 aliphatic rings. The smallest absolute Gasteiger partial charge is 0.239 e. The number of amides is 2. The minimum absolute atomic E-state index is 0.0371. The van der Waals surface area contributed by atoms with Crippen LogP contribution in [-0.2, 0) is 9.59 Å². The van der Waals surface area contributed by atoms with E-state index in [1.54, 1.807) is 4.90 Å². The minimum Gasteiger partial charge on any atom is -0.356 e. The summed E-state index contributed by atoms with van der Waals surface area (Å²) in [5, 5.41) is 3.15. The van der Waals surface area contributed by atoms with Gasteiger partial charge in [0.05, 0.1) is 6.04 Å². The van der Waals surface area contributed by atoms with Gasteiger partial charge in [0.15, 0.2) is 0 Å². The van der Waals surface area contributed by atoms with Crippen LogP contribution in [0.25, 0.3) is 0 Å². The topological polar surface area (TPSA) is 52.7 Å². The molecule has 1 saturated heterocycles. The summed E-state index contributed by atoms with van der Waals surface area (Å²) in [6.45, 7) is 4.73. The molecule has 0 bridgehead atoms. The fraction of sp³-hybridized carbons (Fsp3) is 0.895. The van der Waals surface area contributed by atoms with Gasteiger partial charge in [-0.15, -0.1) is 0 Å². The Labute approximate surface area is 147 Å². The van der Waals surface area contributed by atoms with E-state index in [1.165, 1.54) is 25.7 Å². The van der Waals surface area contributed by atoms with E-state index >= 15 is 0 Å². The van der Waals surface area contributed by atoms with Gasteiger partial charge in [-0.2, -0.15) is 0 Å². The van der Waals surface area contributed by atoms with Crippen LogP contribution in [0.5, 0.6) is 0 Å². The Balaban J connectivity index is 1.72. The van der Waals surface area contributed by atoms with E-state index in [0.29, 0.717) is 6.54 Å². The van der Waals surface area contributed by atoms with Gasteiger partial charge in [-0.1, -0.05) is 32.6 Å². The predicted molar refractivity (Wildman–Crippen MR) is 96.7 cm³/mol. The molecule has 0 radical (unpaired) electrons. The highest BCUT2D eigenvalue weighted by molar-refractivity contribution is 5.82. The Bertz CT molecular complexity index is 428. The second kappa shape index (κ2) is 8.84. The number of rotatable bonds is 6. The fourth-order valence-corrected chi connectivity index (χ4v) is 4.10. The van der Waals surface area contributed by atoms with Gasteiger partial charge in [0, 0.05) is 32.6 Å². The quantitative estimate of drug-likeness (QED) is 0.598. The molecular weight excluding hydrogens is 302 g/mol. The Morgan fingerprint density at radius 3 is 2.42 bits per heavy atom. The first-order valence-electron chi connectivity index (χ1n) is 9.67. The standard InChI is InChI=1S/C19H35N3O2/c1-19(11-6-4-5-7-12-19)18(24)20-13-9-15-22-14-8-10-16(22)17(23)21(2)3/h16H,4-15H2,1-3H3,(H,20,24). The van der Waals surface area contributed by atoms with E-state index < -0.39 is 0 Å². The van der Waals surface area contributed by atoms with Crippen LogP contribution in [0.15, 0.2) is 0 Å². The average molecular weight is 338 g/mol. The lowest BCUT2D eigenvalue weighted by molar-refractivity contribution is -0.133. The highest BCUT2D eigenvalue weighted by Gasteiger charge is 2.34. The molecular formula is C19H35N3O2.